The first-order valence-electron chi connectivity index (χ1n) is 5.80. The molecule has 2 rings (SSSR count). The molecule has 0 atom stereocenters. The summed E-state index contributed by atoms with van der Waals surface area (Å²) in [6, 6.07) is 6.22. The van der Waals surface area contributed by atoms with E-state index in [-0.39, 0.29) is 17.1 Å². The van der Waals surface area contributed by atoms with Gasteiger partial charge in [-0.2, -0.15) is 5.10 Å². The molecule has 7 heteroatoms. The van der Waals surface area contributed by atoms with Gasteiger partial charge in [-0.05, 0) is 19.1 Å². The molecule has 0 amide bonds. The molecule has 104 valence electrons. The van der Waals surface area contributed by atoms with Crippen molar-refractivity contribution in [2.75, 3.05) is 0 Å². The SMILES string of the molecule is CCn1nc(C(=O)O)cc1C(=O)Oc1cccc(F)c1. The van der Waals surface area contributed by atoms with E-state index in [4.69, 9.17) is 9.84 Å². The monoisotopic (exact) mass is 278 g/mol. The van der Waals surface area contributed by atoms with Crippen molar-refractivity contribution in [2.24, 2.45) is 0 Å². The van der Waals surface area contributed by atoms with Crippen molar-refractivity contribution in [3.63, 3.8) is 0 Å². The van der Waals surface area contributed by atoms with Gasteiger partial charge in [0.05, 0.1) is 0 Å². The second kappa shape index (κ2) is 5.52. The molecule has 0 spiro atoms. The van der Waals surface area contributed by atoms with Gasteiger partial charge in [0, 0.05) is 18.7 Å². The Bertz CT molecular complexity index is 666. The lowest BCUT2D eigenvalue weighted by Crippen LogP contribution is -2.15. The zero-order valence-corrected chi connectivity index (χ0v) is 10.5. The highest BCUT2D eigenvalue weighted by Gasteiger charge is 2.19. The molecule has 1 heterocycles. The molecule has 1 aromatic carbocycles. The van der Waals surface area contributed by atoms with Crippen LogP contribution in [0, 0.1) is 5.82 Å². The zero-order valence-electron chi connectivity index (χ0n) is 10.5. The minimum atomic E-state index is -1.24. The van der Waals surface area contributed by atoms with Gasteiger partial charge in [-0.3, -0.25) is 4.68 Å². The number of nitrogens with zero attached hydrogens (tertiary/aromatic N) is 2. The number of esters is 1. The van der Waals surface area contributed by atoms with Crippen LogP contribution in [-0.2, 0) is 6.54 Å². The van der Waals surface area contributed by atoms with E-state index in [1.165, 1.54) is 22.9 Å². The molecule has 0 fully saturated rings. The maximum atomic E-state index is 13.0. The average molecular weight is 278 g/mol. The fourth-order valence-corrected chi connectivity index (χ4v) is 1.62. The summed E-state index contributed by atoms with van der Waals surface area (Å²) in [6.07, 6.45) is 0. The Kier molecular flexibility index (Phi) is 3.79. The summed E-state index contributed by atoms with van der Waals surface area (Å²) in [6.45, 7) is 2.01. The second-order valence-electron chi connectivity index (χ2n) is 3.88. The fraction of sp³-hybridized carbons (Fsp3) is 0.154. The topological polar surface area (TPSA) is 81.4 Å². The van der Waals surface area contributed by atoms with Crippen molar-refractivity contribution in [3.05, 3.63) is 47.5 Å². The Morgan fingerprint density at radius 3 is 2.75 bits per heavy atom. The van der Waals surface area contributed by atoms with Crippen LogP contribution in [-0.4, -0.2) is 26.8 Å². The number of benzene rings is 1. The highest BCUT2D eigenvalue weighted by Crippen LogP contribution is 2.15. The van der Waals surface area contributed by atoms with Gasteiger partial charge in [-0.1, -0.05) is 6.07 Å². The van der Waals surface area contributed by atoms with E-state index in [1.54, 1.807) is 6.92 Å². The molecule has 0 saturated carbocycles. The quantitative estimate of drug-likeness (QED) is 0.683. The Balaban J connectivity index is 2.27. The van der Waals surface area contributed by atoms with E-state index >= 15 is 0 Å². The number of carbonyl (C=O) groups is 2. The van der Waals surface area contributed by atoms with Crippen LogP contribution < -0.4 is 4.74 Å². The van der Waals surface area contributed by atoms with Crippen molar-refractivity contribution in [1.29, 1.82) is 0 Å². The largest absolute Gasteiger partial charge is 0.476 e. The van der Waals surface area contributed by atoms with Crippen LogP contribution in [0.2, 0.25) is 0 Å². The van der Waals surface area contributed by atoms with E-state index in [0.717, 1.165) is 12.1 Å². The molecule has 0 aliphatic rings. The third-order valence-corrected chi connectivity index (χ3v) is 2.51. The molecule has 0 bridgehead atoms. The molecular weight excluding hydrogens is 267 g/mol. The first-order chi connectivity index (χ1) is 9.51. The Labute approximate surface area is 113 Å². The van der Waals surface area contributed by atoms with Crippen molar-refractivity contribution in [2.45, 2.75) is 13.5 Å². The lowest BCUT2D eigenvalue weighted by molar-refractivity contribution is 0.0687. The van der Waals surface area contributed by atoms with Crippen molar-refractivity contribution in [1.82, 2.24) is 9.78 Å². The Morgan fingerprint density at radius 1 is 1.40 bits per heavy atom. The van der Waals surface area contributed by atoms with Gasteiger partial charge in [-0.15, -0.1) is 0 Å². The summed E-state index contributed by atoms with van der Waals surface area (Å²) in [5.41, 5.74) is -0.257. The van der Waals surface area contributed by atoms with Gasteiger partial charge in [-0.25, -0.2) is 14.0 Å². The van der Waals surface area contributed by atoms with E-state index in [2.05, 4.69) is 5.10 Å². The van der Waals surface area contributed by atoms with Crippen LogP contribution in [0.15, 0.2) is 30.3 Å². The van der Waals surface area contributed by atoms with Crippen LogP contribution in [0.1, 0.15) is 27.9 Å². The molecule has 1 aromatic heterocycles. The fourth-order valence-electron chi connectivity index (χ4n) is 1.62. The van der Waals surface area contributed by atoms with Crippen LogP contribution in [0.3, 0.4) is 0 Å². The molecule has 0 aliphatic heterocycles. The maximum Gasteiger partial charge on any atom is 0.362 e. The lowest BCUT2D eigenvalue weighted by atomic mass is 10.3. The summed E-state index contributed by atoms with van der Waals surface area (Å²) < 4.78 is 19.2. The number of hydrogen-bond acceptors (Lipinski definition) is 4. The number of aromatic carboxylic acids is 1. The normalized spacial score (nSPS) is 10.3. The minimum absolute atomic E-state index is 0.00541. The number of ether oxygens (including phenoxy) is 1. The molecule has 0 radical (unpaired) electrons. The van der Waals surface area contributed by atoms with E-state index in [1.807, 2.05) is 0 Å². The smallest absolute Gasteiger partial charge is 0.362 e. The molecular formula is C13H11FN2O4. The predicted octanol–water partition coefficient (Wildman–Crippen LogP) is 1.96. The minimum Gasteiger partial charge on any atom is -0.476 e. The van der Waals surface area contributed by atoms with Crippen LogP contribution in [0.4, 0.5) is 4.39 Å². The first kappa shape index (κ1) is 13.7. The number of rotatable bonds is 4. The summed E-state index contributed by atoms with van der Waals surface area (Å²) >= 11 is 0. The standard InChI is InChI=1S/C13H11FN2O4/c1-2-16-11(7-10(15-16)12(17)18)13(19)20-9-5-3-4-8(14)6-9/h3-7H,2H2,1H3,(H,17,18). The molecule has 6 nitrogen and oxygen atoms in total. The second-order valence-corrected chi connectivity index (χ2v) is 3.88. The van der Waals surface area contributed by atoms with Gasteiger partial charge in [0.1, 0.15) is 17.3 Å². The number of hydrogen-bond donors (Lipinski definition) is 1. The summed E-state index contributed by atoms with van der Waals surface area (Å²) in [4.78, 5) is 22.8. The summed E-state index contributed by atoms with van der Waals surface area (Å²) in [7, 11) is 0. The van der Waals surface area contributed by atoms with Gasteiger partial charge in [0.25, 0.3) is 0 Å². The van der Waals surface area contributed by atoms with Crippen molar-refractivity contribution >= 4 is 11.9 Å². The third kappa shape index (κ3) is 2.82. The Hall–Kier alpha value is -2.70. The van der Waals surface area contributed by atoms with Crippen LogP contribution >= 0.6 is 0 Å². The summed E-state index contributed by atoms with van der Waals surface area (Å²) in [5.74, 6) is -2.53. The average Bonchev–Trinajstić information content (AvgIpc) is 2.83. The maximum absolute atomic E-state index is 13.0. The van der Waals surface area contributed by atoms with Crippen molar-refractivity contribution in [3.8, 4) is 5.75 Å². The molecule has 0 saturated heterocycles. The predicted molar refractivity (Wildman–Crippen MR) is 66.2 cm³/mol. The van der Waals surface area contributed by atoms with E-state index < -0.39 is 17.8 Å². The van der Waals surface area contributed by atoms with E-state index in [0.29, 0.717) is 6.54 Å². The highest BCUT2D eigenvalue weighted by molar-refractivity contribution is 5.93. The van der Waals surface area contributed by atoms with Crippen LogP contribution in [0.25, 0.3) is 0 Å². The molecule has 2 aromatic rings. The number of carbonyl (C=O) groups excluding carboxylic acids is 1. The van der Waals surface area contributed by atoms with Crippen molar-refractivity contribution < 1.29 is 23.8 Å². The number of halogens is 1. The Morgan fingerprint density at radius 2 is 2.15 bits per heavy atom. The molecule has 20 heavy (non-hydrogen) atoms. The van der Waals surface area contributed by atoms with Gasteiger partial charge < -0.3 is 9.84 Å². The van der Waals surface area contributed by atoms with Gasteiger partial charge in [0.2, 0.25) is 0 Å². The number of carboxylic acid groups (broad SMARTS) is 1. The first-order valence-corrected chi connectivity index (χ1v) is 5.80. The zero-order chi connectivity index (χ0) is 14.7. The van der Waals surface area contributed by atoms with E-state index in [9.17, 15) is 14.0 Å². The summed E-state index contributed by atoms with van der Waals surface area (Å²) in [5, 5.41) is 12.6. The van der Waals surface area contributed by atoms with Gasteiger partial charge in [0.15, 0.2) is 5.69 Å². The molecule has 0 aliphatic carbocycles. The van der Waals surface area contributed by atoms with Gasteiger partial charge >= 0.3 is 11.9 Å². The number of aryl methyl sites for hydroxylation is 1. The number of aromatic nitrogens is 2. The third-order valence-electron chi connectivity index (χ3n) is 2.51. The van der Waals surface area contributed by atoms with Crippen LogP contribution in [0.5, 0.6) is 5.75 Å². The molecule has 1 N–H and O–H groups in total. The number of carboxylic acids is 1. The highest BCUT2D eigenvalue weighted by atomic mass is 19.1. The molecule has 0 unspecified atom stereocenters. The lowest BCUT2D eigenvalue weighted by Gasteiger charge is -2.05.